The Morgan fingerprint density at radius 3 is 2.71 bits per heavy atom. The van der Waals surface area contributed by atoms with Gasteiger partial charge in [-0.25, -0.2) is 9.78 Å². The molecule has 1 saturated heterocycles. The van der Waals surface area contributed by atoms with Crippen LogP contribution in [0, 0.1) is 0 Å². The second kappa shape index (κ2) is 10.2. The number of anilines is 1. The maximum absolute atomic E-state index is 12.8. The number of hydrogen-bond donors (Lipinski definition) is 0. The van der Waals surface area contributed by atoms with Crippen molar-refractivity contribution in [3.05, 3.63) is 53.2 Å². The molecule has 2 heterocycles. The Kier molecular flexibility index (Phi) is 7.12. The van der Waals surface area contributed by atoms with Gasteiger partial charge < -0.3 is 14.5 Å². The van der Waals surface area contributed by atoms with E-state index in [1.54, 1.807) is 30.9 Å². The largest absolute Gasteiger partial charge is 0.462 e. The highest BCUT2D eigenvalue weighted by atomic mass is 32.2. The molecular formula is C24H29N3O3S. The van der Waals surface area contributed by atoms with Crippen molar-refractivity contribution in [1.29, 1.82) is 0 Å². The SMILES string of the molecule is CCOC(=O)c1ccc(N2CCCN(C(=O)CSc3ccc4c(c3)CCC4)CC2)nc1. The first-order chi connectivity index (χ1) is 15.1. The van der Waals surface area contributed by atoms with Crippen molar-refractivity contribution in [3.63, 3.8) is 0 Å². The quantitative estimate of drug-likeness (QED) is 0.506. The first-order valence-corrected chi connectivity index (χ1v) is 12.0. The number of carbonyl (C=O) groups is 2. The predicted molar refractivity (Wildman–Crippen MR) is 123 cm³/mol. The highest BCUT2D eigenvalue weighted by Crippen LogP contribution is 2.28. The number of amides is 1. The van der Waals surface area contributed by atoms with Crippen molar-refractivity contribution >= 4 is 29.5 Å². The second-order valence-corrected chi connectivity index (χ2v) is 8.97. The third kappa shape index (κ3) is 5.39. The lowest BCUT2D eigenvalue weighted by atomic mass is 10.1. The first-order valence-electron chi connectivity index (χ1n) is 11.0. The summed E-state index contributed by atoms with van der Waals surface area (Å²) in [5.41, 5.74) is 3.37. The van der Waals surface area contributed by atoms with Crippen LogP contribution in [0.5, 0.6) is 0 Å². The van der Waals surface area contributed by atoms with Gasteiger partial charge in [0, 0.05) is 37.3 Å². The zero-order valence-electron chi connectivity index (χ0n) is 18.0. The molecule has 1 fully saturated rings. The van der Waals surface area contributed by atoms with Gasteiger partial charge in [-0.1, -0.05) is 6.07 Å². The molecule has 1 aromatic carbocycles. The summed E-state index contributed by atoms with van der Waals surface area (Å²) in [4.78, 5) is 34.4. The van der Waals surface area contributed by atoms with Crippen molar-refractivity contribution in [2.45, 2.75) is 37.5 Å². The monoisotopic (exact) mass is 439 g/mol. The molecule has 6 nitrogen and oxygen atoms in total. The van der Waals surface area contributed by atoms with Crippen LogP contribution in [-0.4, -0.2) is 60.3 Å². The fraction of sp³-hybridized carbons (Fsp3) is 0.458. The number of nitrogens with zero attached hydrogens (tertiary/aromatic N) is 3. The van der Waals surface area contributed by atoms with E-state index in [0.29, 0.717) is 24.5 Å². The van der Waals surface area contributed by atoms with Crippen LogP contribution < -0.4 is 4.90 Å². The Hall–Kier alpha value is -2.54. The number of pyridine rings is 1. The molecule has 0 spiro atoms. The number of fused-ring (bicyclic) bond motifs is 1. The van der Waals surface area contributed by atoms with Crippen molar-refractivity contribution in [1.82, 2.24) is 9.88 Å². The zero-order valence-corrected chi connectivity index (χ0v) is 18.8. The Balaban J connectivity index is 1.29. The summed E-state index contributed by atoms with van der Waals surface area (Å²) < 4.78 is 5.01. The zero-order chi connectivity index (χ0) is 21.6. The van der Waals surface area contributed by atoms with E-state index < -0.39 is 0 Å². The summed E-state index contributed by atoms with van der Waals surface area (Å²) in [6.07, 6.45) is 6.05. The van der Waals surface area contributed by atoms with Crippen LogP contribution >= 0.6 is 11.8 Å². The van der Waals surface area contributed by atoms with Gasteiger partial charge in [-0.3, -0.25) is 4.79 Å². The van der Waals surface area contributed by atoms with Crippen molar-refractivity contribution in [2.75, 3.05) is 43.4 Å². The summed E-state index contributed by atoms with van der Waals surface area (Å²) in [5, 5.41) is 0. The van der Waals surface area contributed by atoms with Crippen LogP contribution in [0.4, 0.5) is 5.82 Å². The molecule has 2 aromatic rings. The van der Waals surface area contributed by atoms with E-state index in [2.05, 4.69) is 28.1 Å². The average Bonchev–Trinajstić information content (AvgIpc) is 3.12. The summed E-state index contributed by atoms with van der Waals surface area (Å²) in [6.45, 7) is 5.16. The lowest BCUT2D eigenvalue weighted by Gasteiger charge is -2.23. The summed E-state index contributed by atoms with van der Waals surface area (Å²) in [7, 11) is 0. The molecule has 1 aliphatic heterocycles. The highest BCUT2D eigenvalue weighted by molar-refractivity contribution is 8.00. The molecule has 0 unspecified atom stereocenters. The van der Waals surface area contributed by atoms with Crippen LogP contribution in [-0.2, 0) is 22.4 Å². The van der Waals surface area contributed by atoms with Crippen molar-refractivity contribution in [2.24, 2.45) is 0 Å². The van der Waals surface area contributed by atoms with Gasteiger partial charge in [-0.05, 0) is 68.0 Å². The minimum Gasteiger partial charge on any atom is -0.462 e. The van der Waals surface area contributed by atoms with Gasteiger partial charge in [0.15, 0.2) is 0 Å². The number of thioether (sulfide) groups is 1. The molecule has 1 aromatic heterocycles. The van der Waals surface area contributed by atoms with Gasteiger partial charge >= 0.3 is 5.97 Å². The summed E-state index contributed by atoms with van der Waals surface area (Å²) >= 11 is 1.64. The number of esters is 1. The topological polar surface area (TPSA) is 62.7 Å². The molecule has 7 heteroatoms. The third-order valence-corrected chi connectivity index (χ3v) is 6.84. The third-order valence-electron chi connectivity index (χ3n) is 5.86. The van der Waals surface area contributed by atoms with Gasteiger partial charge in [0.1, 0.15) is 5.82 Å². The summed E-state index contributed by atoms with van der Waals surface area (Å²) in [5.74, 6) is 1.15. The van der Waals surface area contributed by atoms with Gasteiger partial charge in [-0.2, -0.15) is 0 Å². The molecule has 0 N–H and O–H groups in total. The number of ether oxygens (including phenoxy) is 1. The molecule has 0 atom stereocenters. The van der Waals surface area contributed by atoms with E-state index in [4.69, 9.17) is 4.74 Å². The molecule has 0 bridgehead atoms. The number of benzene rings is 1. The van der Waals surface area contributed by atoms with E-state index in [1.165, 1.54) is 28.9 Å². The molecular weight excluding hydrogens is 410 g/mol. The van der Waals surface area contributed by atoms with Gasteiger partial charge in [0.25, 0.3) is 0 Å². The van der Waals surface area contributed by atoms with E-state index in [0.717, 1.165) is 38.3 Å². The molecule has 164 valence electrons. The smallest absolute Gasteiger partial charge is 0.339 e. The molecule has 31 heavy (non-hydrogen) atoms. The molecule has 1 aliphatic carbocycles. The van der Waals surface area contributed by atoms with Crippen LogP contribution in [0.25, 0.3) is 0 Å². The minimum atomic E-state index is -0.352. The molecule has 1 amide bonds. The fourth-order valence-electron chi connectivity index (χ4n) is 4.18. The lowest BCUT2D eigenvalue weighted by molar-refractivity contribution is -0.128. The van der Waals surface area contributed by atoms with E-state index in [-0.39, 0.29) is 11.9 Å². The van der Waals surface area contributed by atoms with Gasteiger partial charge in [0.05, 0.1) is 17.9 Å². The maximum Gasteiger partial charge on any atom is 0.339 e. The summed E-state index contributed by atoms with van der Waals surface area (Å²) in [6, 6.07) is 10.2. The standard InChI is InChI=1S/C24H29N3O3S/c1-2-30-24(29)20-8-10-22(25-16-20)26-11-4-12-27(14-13-26)23(28)17-31-21-9-7-18-5-3-6-19(18)15-21/h7-10,15-16H,2-6,11-14,17H2,1H3. The molecule has 0 radical (unpaired) electrons. The van der Waals surface area contributed by atoms with Gasteiger partial charge in [-0.15, -0.1) is 11.8 Å². The van der Waals surface area contributed by atoms with Gasteiger partial charge in [0.2, 0.25) is 5.91 Å². The second-order valence-electron chi connectivity index (χ2n) is 7.92. The van der Waals surface area contributed by atoms with Crippen LogP contribution in [0.15, 0.2) is 41.4 Å². The molecule has 2 aliphatic rings. The van der Waals surface area contributed by atoms with Crippen LogP contribution in [0.1, 0.15) is 41.3 Å². The fourth-order valence-corrected chi connectivity index (χ4v) is 5.04. The molecule has 0 saturated carbocycles. The minimum absolute atomic E-state index is 0.193. The number of aromatic nitrogens is 1. The van der Waals surface area contributed by atoms with E-state index >= 15 is 0 Å². The number of rotatable bonds is 6. The van der Waals surface area contributed by atoms with Crippen molar-refractivity contribution in [3.8, 4) is 0 Å². The van der Waals surface area contributed by atoms with E-state index in [9.17, 15) is 9.59 Å². The number of carbonyl (C=O) groups excluding carboxylic acids is 2. The number of aryl methyl sites for hydroxylation is 2. The van der Waals surface area contributed by atoms with Crippen LogP contribution in [0.3, 0.4) is 0 Å². The Morgan fingerprint density at radius 1 is 1.03 bits per heavy atom. The molecule has 4 rings (SSSR count). The van der Waals surface area contributed by atoms with Crippen LogP contribution in [0.2, 0.25) is 0 Å². The predicted octanol–water partition coefficient (Wildman–Crippen LogP) is 3.58. The highest BCUT2D eigenvalue weighted by Gasteiger charge is 2.21. The Morgan fingerprint density at radius 2 is 1.90 bits per heavy atom. The van der Waals surface area contributed by atoms with Crippen molar-refractivity contribution < 1.29 is 14.3 Å². The first kappa shape index (κ1) is 21.7. The average molecular weight is 440 g/mol. The van der Waals surface area contributed by atoms with E-state index in [1.807, 2.05) is 11.0 Å². The lowest BCUT2D eigenvalue weighted by Crippen LogP contribution is -2.36. The maximum atomic E-state index is 12.8. The number of hydrogen-bond acceptors (Lipinski definition) is 6. The normalized spacial score (nSPS) is 16.0. The Bertz CT molecular complexity index is 932. The Labute approximate surface area is 188 Å².